The van der Waals surface area contributed by atoms with E-state index in [4.69, 9.17) is 11.6 Å². The molecule has 1 saturated carbocycles. The van der Waals surface area contributed by atoms with Gasteiger partial charge in [0.1, 0.15) is 5.15 Å². The molecule has 0 aromatic carbocycles. The van der Waals surface area contributed by atoms with Crippen LogP contribution in [0.3, 0.4) is 0 Å². The smallest absolute Gasteiger partial charge is 0.232 e. The van der Waals surface area contributed by atoms with Gasteiger partial charge in [0.25, 0.3) is 0 Å². The van der Waals surface area contributed by atoms with Gasteiger partial charge in [-0.05, 0) is 25.0 Å². The van der Waals surface area contributed by atoms with E-state index in [1.54, 1.807) is 12.1 Å². The van der Waals surface area contributed by atoms with Crippen LogP contribution in [0.15, 0.2) is 12.1 Å². The van der Waals surface area contributed by atoms with Crippen LogP contribution in [0.4, 0.5) is 11.5 Å². The van der Waals surface area contributed by atoms with Crippen molar-refractivity contribution in [3.8, 4) is 0 Å². The summed E-state index contributed by atoms with van der Waals surface area (Å²) < 4.78 is 0. The number of rotatable bonds is 0. The maximum absolute atomic E-state index is 12.1. The fraction of sp³-hybridized carbons (Fsp3) is 0.455. The first-order chi connectivity index (χ1) is 7.70. The number of halogens is 1. The van der Waals surface area contributed by atoms with E-state index in [1.807, 2.05) is 0 Å². The molecule has 1 aromatic rings. The summed E-state index contributed by atoms with van der Waals surface area (Å²) in [5, 5.41) is 6.57. The van der Waals surface area contributed by atoms with E-state index in [0.717, 1.165) is 24.9 Å². The van der Waals surface area contributed by atoms with E-state index in [9.17, 15) is 4.79 Å². The molecule has 2 N–H and O–H groups in total. The largest absolute Gasteiger partial charge is 0.367 e. The van der Waals surface area contributed by atoms with Gasteiger partial charge >= 0.3 is 0 Å². The van der Waals surface area contributed by atoms with Crippen LogP contribution >= 0.6 is 11.6 Å². The predicted molar refractivity (Wildman–Crippen MR) is 62.7 cm³/mol. The molecule has 1 amide bonds. The molecule has 16 heavy (non-hydrogen) atoms. The van der Waals surface area contributed by atoms with Gasteiger partial charge in [0.15, 0.2) is 5.82 Å². The number of pyridine rings is 1. The van der Waals surface area contributed by atoms with Crippen LogP contribution in [0, 0.1) is 5.41 Å². The Kier molecular flexibility index (Phi) is 2.07. The summed E-state index contributed by atoms with van der Waals surface area (Å²) in [6.07, 6.45) is 3.03. The topological polar surface area (TPSA) is 54.0 Å². The summed E-state index contributed by atoms with van der Waals surface area (Å²) in [5.41, 5.74) is 0.492. The Labute approximate surface area is 98.4 Å². The Bertz CT molecular complexity index is 457. The molecule has 2 aliphatic rings. The molecule has 0 saturated heterocycles. The van der Waals surface area contributed by atoms with Crippen molar-refractivity contribution in [2.24, 2.45) is 5.41 Å². The Morgan fingerprint density at radius 3 is 2.88 bits per heavy atom. The summed E-state index contributed by atoms with van der Waals surface area (Å²) >= 11 is 5.82. The van der Waals surface area contributed by atoms with Gasteiger partial charge in [-0.3, -0.25) is 4.79 Å². The quantitative estimate of drug-likeness (QED) is 0.681. The van der Waals surface area contributed by atoms with Crippen molar-refractivity contribution in [1.29, 1.82) is 0 Å². The molecule has 1 spiro atoms. The summed E-state index contributed by atoms with van der Waals surface area (Å²) in [6, 6.07) is 3.47. The number of hydrogen-bond donors (Lipinski definition) is 2. The van der Waals surface area contributed by atoms with Crippen molar-refractivity contribution in [1.82, 2.24) is 4.98 Å². The zero-order valence-corrected chi connectivity index (χ0v) is 9.47. The van der Waals surface area contributed by atoms with Gasteiger partial charge in [0.05, 0.1) is 11.1 Å². The van der Waals surface area contributed by atoms with Crippen LogP contribution in [-0.4, -0.2) is 17.4 Å². The lowest BCUT2D eigenvalue weighted by molar-refractivity contribution is -0.129. The molecule has 0 atom stereocenters. The van der Waals surface area contributed by atoms with Gasteiger partial charge in [0, 0.05) is 6.54 Å². The van der Waals surface area contributed by atoms with E-state index in [0.29, 0.717) is 17.5 Å². The van der Waals surface area contributed by atoms with Crippen molar-refractivity contribution < 1.29 is 4.79 Å². The van der Waals surface area contributed by atoms with Crippen molar-refractivity contribution in [2.45, 2.75) is 19.3 Å². The van der Waals surface area contributed by atoms with E-state index in [1.165, 1.54) is 0 Å². The van der Waals surface area contributed by atoms with Crippen molar-refractivity contribution >= 4 is 29.0 Å². The highest BCUT2D eigenvalue weighted by atomic mass is 35.5. The Hall–Kier alpha value is -1.29. The number of anilines is 2. The molecule has 2 heterocycles. The molecule has 3 rings (SSSR count). The fourth-order valence-corrected chi connectivity index (χ4v) is 2.41. The molecule has 1 aromatic heterocycles. The highest BCUT2D eigenvalue weighted by molar-refractivity contribution is 6.29. The molecule has 1 aliphatic carbocycles. The average molecular weight is 238 g/mol. The Balaban J connectivity index is 1.96. The molecule has 84 valence electrons. The minimum Gasteiger partial charge on any atom is -0.367 e. The first-order valence-electron chi connectivity index (χ1n) is 5.42. The molecule has 5 heteroatoms. The van der Waals surface area contributed by atoms with Gasteiger partial charge in [-0.1, -0.05) is 18.0 Å². The van der Waals surface area contributed by atoms with Crippen LogP contribution < -0.4 is 10.6 Å². The number of carbonyl (C=O) groups excluding carboxylic acids is 1. The summed E-state index contributed by atoms with van der Waals surface area (Å²) in [6.45, 7) is 0.652. The second-order valence-electron chi connectivity index (χ2n) is 4.47. The highest BCUT2D eigenvalue weighted by Gasteiger charge is 2.45. The SMILES string of the molecule is O=C1Nc2ccc(Cl)nc2NCC12CCC2. The lowest BCUT2D eigenvalue weighted by Gasteiger charge is -2.38. The van der Waals surface area contributed by atoms with Crippen LogP contribution in [0.5, 0.6) is 0 Å². The minimum atomic E-state index is -0.229. The molecule has 1 aliphatic heterocycles. The lowest BCUT2D eigenvalue weighted by Crippen LogP contribution is -2.45. The Morgan fingerprint density at radius 1 is 1.38 bits per heavy atom. The molecule has 1 fully saturated rings. The third kappa shape index (κ3) is 1.37. The summed E-state index contributed by atoms with van der Waals surface area (Å²) in [4.78, 5) is 16.2. The minimum absolute atomic E-state index is 0.106. The first kappa shape index (κ1) is 9.90. The average Bonchev–Trinajstić information content (AvgIpc) is 2.33. The standard InChI is InChI=1S/C11H12ClN3O/c12-8-3-2-7-9(15-8)13-6-11(4-1-5-11)10(16)14-7/h2-3H,1,4-6H2,(H,13,15)(H,14,16). The third-order valence-corrected chi connectivity index (χ3v) is 3.71. The number of nitrogens with one attached hydrogen (secondary N) is 2. The number of carbonyl (C=O) groups is 1. The van der Waals surface area contributed by atoms with Gasteiger partial charge < -0.3 is 10.6 Å². The van der Waals surface area contributed by atoms with E-state index >= 15 is 0 Å². The van der Waals surface area contributed by atoms with Crippen molar-refractivity contribution in [3.63, 3.8) is 0 Å². The molecule has 4 nitrogen and oxygen atoms in total. The van der Waals surface area contributed by atoms with Crippen LogP contribution in [0.1, 0.15) is 19.3 Å². The molecular formula is C11H12ClN3O. The molecule has 0 unspecified atom stereocenters. The number of nitrogens with zero attached hydrogens (tertiary/aromatic N) is 1. The van der Waals surface area contributed by atoms with E-state index < -0.39 is 0 Å². The fourth-order valence-electron chi connectivity index (χ4n) is 2.27. The first-order valence-corrected chi connectivity index (χ1v) is 5.79. The van der Waals surface area contributed by atoms with Gasteiger partial charge in [-0.15, -0.1) is 0 Å². The van der Waals surface area contributed by atoms with Gasteiger partial charge in [0.2, 0.25) is 5.91 Å². The maximum Gasteiger partial charge on any atom is 0.232 e. The van der Waals surface area contributed by atoms with Crippen LogP contribution in [0.25, 0.3) is 0 Å². The Morgan fingerprint density at radius 2 is 2.19 bits per heavy atom. The zero-order chi connectivity index (χ0) is 11.2. The number of amides is 1. The van der Waals surface area contributed by atoms with Crippen molar-refractivity contribution in [3.05, 3.63) is 17.3 Å². The number of hydrogen-bond acceptors (Lipinski definition) is 3. The molecular weight excluding hydrogens is 226 g/mol. The molecule has 0 radical (unpaired) electrons. The zero-order valence-electron chi connectivity index (χ0n) is 8.72. The van der Waals surface area contributed by atoms with Crippen molar-refractivity contribution in [2.75, 3.05) is 17.2 Å². The second kappa shape index (κ2) is 3.35. The monoisotopic (exact) mass is 237 g/mol. The van der Waals surface area contributed by atoms with E-state index in [2.05, 4.69) is 15.6 Å². The third-order valence-electron chi connectivity index (χ3n) is 3.50. The van der Waals surface area contributed by atoms with Gasteiger partial charge in [-0.25, -0.2) is 4.98 Å². The summed E-state index contributed by atoms with van der Waals surface area (Å²) in [5.74, 6) is 0.777. The highest BCUT2D eigenvalue weighted by Crippen LogP contribution is 2.44. The number of fused-ring (bicyclic) bond motifs is 1. The summed E-state index contributed by atoms with van der Waals surface area (Å²) in [7, 11) is 0. The second-order valence-corrected chi connectivity index (χ2v) is 4.86. The predicted octanol–water partition coefficient (Wildman–Crippen LogP) is 2.27. The maximum atomic E-state index is 12.1. The van der Waals surface area contributed by atoms with E-state index in [-0.39, 0.29) is 11.3 Å². The lowest BCUT2D eigenvalue weighted by atomic mass is 9.68. The van der Waals surface area contributed by atoms with Crippen LogP contribution in [-0.2, 0) is 4.79 Å². The van der Waals surface area contributed by atoms with Gasteiger partial charge in [-0.2, -0.15) is 0 Å². The normalized spacial score (nSPS) is 21.4. The number of aromatic nitrogens is 1. The molecule has 0 bridgehead atoms. The van der Waals surface area contributed by atoms with Crippen LogP contribution in [0.2, 0.25) is 5.15 Å².